The summed E-state index contributed by atoms with van der Waals surface area (Å²) in [6.45, 7) is 6.88. The van der Waals surface area contributed by atoms with E-state index in [0.717, 1.165) is 22.6 Å². The second kappa shape index (κ2) is 6.26. The van der Waals surface area contributed by atoms with Gasteiger partial charge >= 0.3 is 0 Å². The van der Waals surface area contributed by atoms with E-state index in [0.29, 0.717) is 6.54 Å². The van der Waals surface area contributed by atoms with Crippen LogP contribution in [-0.4, -0.2) is 4.98 Å². The molecule has 1 aromatic carbocycles. The lowest BCUT2D eigenvalue weighted by Crippen LogP contribution is -2.18. The Bertz CT molecular complexity index is 551. The molecule has 1 unspecified atom stereocenters. The lowest BCUT2D eigenvalue weighted by Gasteiger charge is -2.12. The molecule has 0 aliphatic carbocycles. The zero-order valence-electron chi connectivity index (χ0n) is 11.5. The van der Waals surface area contributed by atoms with E-state index >= 15 is 0 Å². The first-order chi connectivity index (χ1) is 9.10. The molecule has 0 fully saturated rings. The van der Waals surface area contributed by atoms with Crippen LogP contribution in [0.2, 0.25) is 0 Å². The highest BCUT2D eigenvalue weighted by atomic mass is 32.1. The number of nitrogens with zero attached hydrogens (tertiary/aromatic N) is 1. The summed E-state index contributed by atoms with van der Waals surface area (Å²) in [5, 5.41) is 4.49. The third-order valence-electron chi connectivity index (χ3n) is 3.20. The first kappa shape index (κ1) is 14.2. The molecule has 1 heterocycles. The van der Waals surface area contributed by atoms with E-state index in [2.05, 4.69) is 24.1 Å². The van der Waals surface area contributed by atoms with Crippen LogP contribution < -0.4 is 5.32 Å². The zero-order chi connectivity index (χ0) is 13.8. The Morgan fingerprint density at radius 1 is 1.42 bits per heavy atom. The highest BCUT2D eigenvalue weighted by Gasteiger charge is 2.10. The quantitative estimate of drug-likeness (QED) is 0.894. The first-order valence-electron chi connectivity index (χ1n) is 6.53. The Balaban J connectivity index is 1.99. The second-order valence-corrected chi connectivity index (χ2v) is 5.84. The van der Waals surface area contributed by atoms with Crippen molar-refractivity contribution in [3.05, 3.63) is 51.2 Å². The van der Waals surface area contributed by atoms with Crippen LogP contribution >= 0.6 is 11.3 Å². The van der Waals surface area contributed by atoms with E-state index < -0.39 is 0 Å². The van der Waals surface area contributed by atoms with Crippen molar-refractivity contribution in [3.63, 3.8) is 0 Å². The zero-order valence-corrected chi connectivity index (χ0v) is 12.4. The second-order valence-electron chi connectivity index (χ2n) is 4.69. The summed E-state index contributed by atoms with van der Waals surface area (Å²) in [5.74, 6) is -0.183. The Kier molecular flexibility index (Phi) is 4.66. The average Bonchev–Trinajstić information content (AvgIpc) is 2.88. The lowest BCUT2D eigenvalue weighted by atomic mass is 10.1. The van der Waals surface area contributed by atoms with Crippen LogP contribution in [0, 0.1) is 12.7 Å². The third-order valence-corrected chi connectivity index (χ3v) is 4.52. The number of nitrogens with one attached hydrogen (secondary N) is 1. The monoisotopic (exact) mass is 278 g/mol. The molecule has 1 N–H and O–H groups in total. The van der Waals surface area contributed by atoms with E-state index in [9.17, 15) is 4.39 Å². The summed E-state index contributed by atoms with van der Waals surface area (Å²) in [7, 11) is 0. The largest absolute Gasteiger partial charge is 0.304 e. The molecule has 2 aromatic rings. The third kappa shape index (κ3) is 3.61. The summed E-state index contributed by atoms with van der Waals surface area (Å²) < 4.78 is 13.2. The fourth-order valence-electron chi connectivity index (χ4n) is 1.87. The van der Waals surface area contributed by atoms with E-state index in [-0.39, 0.29) is 11.9 Å². The molecule has 1 aromatic heterocycles. The maximum Gasteiger partial charge on any atom is 0.123 e. The summed E-state index contributed by atoms with van der Waals surface area (Å²) in [4.78, 5) is 5.72. The van der Waals surface area contributed by atoms with Crippen LogP contribution in [0.25, 0.3) is 0 Å². The van der Waals surface area contributed by atoms with Gasteiger partial charge in [0.2, 0.25) is 0 Å². The summed E-state index contributed by atoms with van der Waals surface area (Å²) >= 11 is 1.74. The Labute approximate surface area is 117 Å². The average molecular weight is 278 g/mol. The van der Waals surface area contributed by atoms with Crippen LogP contribution in [-0.2, 0) is 13.0 Å². The van der Waals surface area contributed by atoms with Crippen LogP contribution in [0.15, 0.2) is 24.4 Å². The highest BCUT2D eigenvalue weighted by Crippen LogP contribution is 2.21. The predicted molar refractivity (Wildman–Crippen MR) is 77.9 cm³/mol. The van der Waals surface area contributed by atoms with Crippen LogP contribution in [0.4, 0.5) is 4.39 Å². The van der Waals surface area contributed by atoms with Gasteiger partial charge in [0.25, 0.3) is 0 Å². The smallest absolute Gasteiger partial charge is 0.123 e. The van der Waals surface area contributed by atoms with E-state index in [1.165, 1.54) is 10.9 Å². The van der Waals surface area contributed by atoms with E-state index in [1.54, 1.807) is 17.4 Å². The molecule has 2 nitrogen and oxygen atoms in total. The minimum Gasteiger partial charge on any atom is -0.304 e. The van der Waals surface area contributed by atoms with Crippen molar-refractivity contribution in [3.8, 4) is 0 Å². The van der Waals surface area contributed by atoms with Crippen molar-refractivity contribution in [2.24, 2.45) is 0 Å². The molecule has 0 radical (unpaired) electrons. The maximum atomic E-state index is 13.2. The van der Waals surface area contributed by atoms with Gasteiger partial charge in [-0.25, -0.2) is 9.37 Å². The van der Waals surface area contributed by atoms with Gasteiger partial charge < -0.3 is 5.32 Å². The fraction of sp³-hybridized carbons (Fsp3) is 0.400. The number of benzene rings is 1. The standard InChI is InChI=1S/C15H19FN2S/c1-4-14-9-18-15(19-14)11(3)17-8-12-7-13(16)6-5-10(12)2/h5-7,9,11,17H,4,8H2,1-3H3. The van der Waals surface area contributed by atoms with Crippen molar-refractivity contribution in [2.75, 3.05) is 0 Å². The molecular formula is C15H19FN2S. The Morgan fingerprint density at radius 3 is 2.89 bits per heavy atom. The fourth-order valence-corrected chi connectivity index (χ4v) is 2.75. The van der Waals surface area contributed by atoms with Crippen molar-refractivity contribution >= 4 is 11.3 Å². The van der Waals surface area contributed by atoms with Gasteiger partial charge in [-0.05, 0) is 43.5 Å². The number of rotatable bonds is 5. The van der Waals surface area contributed by atoms with Gasteiger partial charge in [0.15, 0.2) is 0 Å². The Morgan fingerprint density at radius 2 is 2.21 bits per heavy atom. The number of hydrogen-bond donors (Lipinski definition) is 1. The molecule has 19 heavy (non-hydrogen) atoms. The number of halogens is 1. The molecule has 4 heteroatoms. The summed E-state index contributed by atoms with van der Waals surface area (Å²) in [5.41, 5.74) is 2.11. The minimum atomic E-state index is -0.183. The molecule has 2 rings (SSSR count). The van der Waals surface area contributed by atoms with Gasteiger partial charge in [0, 0.05) is 17.6 Å². The Hall–Kier alpha value is -1.26. The molecule has 0 saturated carbocycles. The van der Waals surface area contributed by atoms with Crippen molar-refractivity contribution < 1.29 is 4.39 Å². The minimum absolute atomic E-state index is 0.183. The molecule has 0 bridgehead atoms. The number of thiazole rings is 1. The number of hydrogen-bond acceptors (Lipinski definition) is 3. The molecule has 1 atom stereocenters. The summed E-state index contributed by atoms with van der Waals surface area (Å²) in [6.07, 6.45) is 2.96. The van der Waals surface area contributed by atoms with Crippen LogP contribution in [0.5, 0.6) is 0 Å². The molecule has 0 aliphatic heterocycles. The summed E-state index contributed by atoms with van der Waals surface area (Å²) in [6, 6.07) is 5.09. The van der Waals surface area contributed by atoms with Crippen molar-refractivity contribution in [1.29, 1.82) is 0 Å². The number of aromatic nitrogens is 1. The molecule has 102 valence electrons. The van der Waals surface area contributed by atoms with Crippen LogP contribution in [0.3, 0.4) is 0 Å². The van der Waals surface area contributed by atoms with Crippen molar-refractivity contribution in [2.45, 2.75) is 39.8 Å². The molecule has 0 aliphatic rings. The molecule has 0 amide bonds. The first-order valence-corrected chi connectivity index (χ1v) is 7.34. The molecular weight excluding hydrogens is 259 g/mol. The van der Waals surface area contributed by atoms with E-state index in [1.807, 2.05) is 19.2 Å². The van der Waals surface area contributed by atoms with Gasteiger partial charge in [0.1, 0.15) is 10.8 Å². The van der Waals surface area contributed by atoms with Gasteiger partial charge in [-0.3, -0.25) is 0 Å². The molecule has 0 saturated heterocycles. The topological polar surface area (TPSA) is 24.9 Å². The highest BCUT2D eigenvalue weighted by molar-refractivity contribution is 7.11. The van der Waals surface area contributed by atoms with Gasteiger partial charge in [0.05, 0.1) is 6.04 Å². The van der Waals surface area contributed by atoms with Gasteiger partial charge in [-0.15, -0.1) is 11.3 Å². The van der Waals surface area contributed by atoms with E-state index in [4.69, 9.17) is 0 Å². The maximum absolute atomic E-state index is 13.2. The van der Waals surface area contributed by atoms with Gasteiger partial charge in [-0.2, -0.15) is 0 Å². The predicted octanol–water partition coefficient (Wildman–Crippen LogP) is 4.00. The normalized spacial score (nSPS) is 12.6. The van der Waals surface area contributed by atoms with Crippen LogP contribution in [0.1, 0.15) is 40.9 Å². The lowest BCUT2D eigenvalue weighted by molar-refractivity contribution is 0.565. The van der Waals surface area contributed by atoms with Gasteiger partial charge in [-0.1, -0.05) is 13.0 Å². The SMILES string of the molecule is CCc1cnc(C(C)NCc2cc(F)ccc2C)s1. The number of aryl methyl sites for hydroxylation is 2. The van der Waals surface area contributed by atoms with Crippen molar-refractivity contribution in [1.82, 2.24) is 10.3 Å². The molecule has 0 spiro atoms.